The normalized spacial score (nSPS) is 43.9. The lowest BCUT2D eigenvalue weighted by molar-refractivity contribution is 0.581. The van der Waals surface area contributed by atoms with E-state index < -0.39 is 16.1 Å². The molecule has 0 radical (unpaired) electrons. The third-order valence-corrected chi connectivity index (χ3v) is 19.3. The Hall–Kier alpha value is 0.614. The van der Waals surface area contributed by atoms with Gasteiger partial charge in [-0.05, 0) is 52.1 Å². The van der Waals surface area contributed by atoms with E-state index >= 15 is 0 Å². The summed E-state index contributed by atoms with van der Waals surface area (Å²) in [7, 11) is -2.24. The first-order valence-electron chi connectivity index (χ1n) is 10.3. The van der Waals surface area contributed by atoms with E-state index in [0.717, 1.165) is 39.0 Å². The monoisotopic (exact) mass is 408 g/mol. The highest BCUT2D eigenvalue weighted by atomic mass is 32.2. The minimum absolute atomic E-state index is 0.839. The lowest BCUT2D eigenvalue weighted by Crippen LogP contribution is -2.44. The van der Waals surface area contributed by atoms with Crippen LogP contribution in [0.25, 0.3) is 0 Å². The van der Waals surface area contributed by atoms with Crippen LogP contribution in [-0.4, -0.2) is 26.6 Å². The first kappa shape index (κ1) is 19.0. The molecule has 0 nitrogen and oxygen atoms in total. The van der Waals surface area contributed by atoms with Gasteiger partial charge in [-0.15, -0.1) is 23.5 Å². The Kier molecular flexibility index (Phi) is 4.79. The van der Waals surface area contributed by atoms with E-state index in [9.17, 15) is 0 Å². The SMILES string of the molecule is CC1=CC2C3C=C(C)SC3C([Si](C)(C)C3CCC([Si](C)(C)C)C3)C2S1. The molecule has 4 heteroatoms. The number of rotatable bonds is 3. The molecule has 6 atom stereocenters. The zero-order chi connectivity index (χ0) is 18.1. The van der Waals surface area contributed by atoms with Gasteiger partial charge >= 0.3 is 0 Å². The molecule has 2 aliphatic heterocycles. The first-order chi connectivity index (χ1) is 11.6. The fourth-order valence-corrected chi connectivity index (χ4v) is 18.6. The fourth-order valence-electron chi connectivity index (χ4n) is 6.43. The predicted octanol–water partition coefficient (Wildman–Crippen LogP) is 7.61. The maximum Gasteiger partial charge on any atom is 0.0560 e. The maximum absolute atomic E-state index is 2.79. The van der Waals surface area contributed by atoms with Crippen LogP contribution in [0, 0.1) is 11.8 Å². The molecule has 6 unspecified atom stereocenters. The molecular formula is C21H36S2Si2. The van der Waals surface area contributed by atoms with Crippen molar-refractivity contribution >= 4 is 39.7 Å². The summed E-state index contributed by atoms with van der Waals surface area (Å²) in [5.41, 5.74) is 3.17. The second kappa shape index (κ2) is 6.32. The molecule has 0 aromatic heterocycles. The van der Waals surface area contributed by atoms with Gasteiger partial charge in [-0.25, -0.2) is 0 Å². The second-order valence-electron chi connectivity index (χ2n) is 10.8. The molecule has 0 bridgehead atoms. The molecular weight excluding hydrogens is 373 g/mol. The molecule has 2 saturated carbocycles. The number of hydrogen-bond donors (Lipinski definition) is 0. The zero-order valence-corrected chi connectivity index (χ0v) is 20.8. The van der Waals surface area contributed by atoms with E-state index in [1.807, 2.05) is 0 Å². The molecule has 4 rings (SSSR count). The van der Waals surface area contributed by atoms with Gasteiger partial charge in [0.2, 0.25) is 0 Å². The molecule has 0 aromatic carbocycles. The van der Waals surface area contributed by atoms with Gasteiger partial charge in [0, 0.05) is 18.6 Å². The Morgan fingerprint density at radius 2 is 1.28 bits per heavy atom. The lowest BCUT2D eigenvalue weighted by atomic mass is 9.95. The molecule has 4 aliphatic rings. The third-order valence-electron chi connectivity index (χ3n) is 7.98. The molecule has 2 aliphatic carbocycles. The fraction of sp³-hybridized carbons (Fsp3) is 0.810. The van der Waals surface area contributed by atoms with E-state index in [4.69, 9.17) is 0 Å². The Bertz CT molecular complexity index is 584. The minimum atomic E-state index is -1.27. The molecule has 2 heterocycles. The number of fused-ring (bicyclic) bond motifs is 3. The van der Waals surface area contributed by atoms with Crippen molar-refractivity contribution < 1.29 is 0 Å². The van der Waals surface area contributed by atoms with Gasteiger partial charge in [-0.3, -0.25) is 0 Å². The second-order valence-corrected chi connectivity index (χ2v) is 24.3. The van der Waals surface area contributed by atoms with Crippen LogP contribution in [0.1, 0.15) is 33.1 Å². The van der Waals surface area contributed by atoms with E-state index in [2.05, 4.69) is 82.3 Å². The van der Waals surface area contributed by atoms with Crippen molar-refractivity contribution in [1.82, 2.24) is 0 Å². The van der Waals surface area contributed by atoms with E-state index in [0.29, 0.717) is 0 Å². The van der Waals surface area contributed by atoms with Crippen LogP contribution in [0.15, 0.2) is 22.0 Å². The van der Waals surface area contributed by atoms with Gasteiger partial charge < -0.3 is 0 Å². The third kappa shape index (κ3) is 3.11. The molecule has 0 saturated heterocycles. The number of thioether (sulfide) groups is 2. The lowest BCUT2D eigenvalue weighted by Gasteiger charge is -2.42. The van der Waals surface area contributed by atoms with Crippen LogP contribution < -0.4 is 0 Å². The molecule has 0 aromatic rings. The van der Waals surface area contributed by atoms with Gasteiger partial charge in [0.15, 0.2) is 0 Å². The van der Waals surface area contributed by atoms with Crippen molar-refractivity contribution in [2.45, 2.75) is 93.0 Å². The van der Waals surface area contributed by atoms with Crippen molar-refractivity contribution in [3.8, 4) is 0 Å². The van der Waals surface area contributed by atoms with Crippen molar-refractivity contribution in [2.75, 3.05) is 0 Å². The van der Waals surface area contributed by atoms with Crippen molar-refractivity contribution in [2.24, 2.45) is 11.8 Å². The van der Waals surface area contributed by atoms with Crippen LogP contribution in [0.2, 0.25) is 49.4 Å². The van der Waals surface area contributed by atoms with Crippen molar-refractivity contribution in [3.63, 3.8) is 0 Å². The van der Waals surface area contributed by atoms with Gasteiger partial charge in [-0.1, -0.05) is 64.1 Å². The van der Waals surface area contributed by atoms with Gasteiger partial charge in [0.1, 0.15) is 0 Å². The topological polar surface area (TPSA) is 0 Å². The first-order valence-corrected chi connectivity index (χ1v) is 18.8. The van der Waals surface area contributed by atoms with Gasteiger partial charge in [0.05, 0.1) is 8.07 Å². The highest BCUT2D eigenvalue weighted by Crippen LogP contribution is 2.67. The number of hydrogen-bond acceptors (Lipinski definition) is 2. The van der Waals surface area contributed by atoms with E-state index in [1.165, 1.54) is 0 Å². The molecule has 0 spiro atoms. The van der Waals surface area contributed by atoms with Crippen molar-refractivity contribution in [1.29, 1.82) is 0 Å². The van der Waals surface area contributed by atoms with Crippen molar-refractivity contribution in [3.05, 3.63) is 22.0 Å². The summed E-state index contributed by atoms with van der Waals surface area (Å²) in [5, 5.41) is 1.80. The van der Waals surface area contributed by atoms with Crippen LogP contribution in [0.5, 0.6) is 0 Å². The summed E-state index contributed by atoms with van der Waals surface area (Å²) in [6.45, 7) is 18.1. The molecule has 0 amide bonds. The standard InChI is InChI=1S/C21H36S2Si2/c1-13-10-17-18-11-14(2)23-20(18)21(19(17)22-13)25(6,7)16-9-8-15(12-16)24(3,4)5/h10-11,15-21H,8-9,12H2,1-7H3. The highest BCUT2D eigenvalue weighted by Gasteiger charge is 2.60. The predicted molar refractivity (Wildman–Crippen MR) is 123 cm³/mol. The summed E-state index contributed by atoms with van der Waals surface area (Å²) in [6.07, 6.45) is 9.96. The van der Waals surface area contributed by atoms with Crippen LogP contribution in [0.4, 0.5) is 0 Å². The summed E-state index contributed by atoms with van der Waals surface area (Å²) in [4.78, 5) is 3.22. The Labute approximate surface area is 166 Å². The minimum Gasteiger partial charge on any atom is -0.127 e. The average Bonchev–Trinajstić information content (AvgIpc) is 3.18. The summed E-state index contributed by atoms with van der Waals surface area (Å²) < 4.78 is 0. The largest absolute Gasteiger partial charge is 0.127 e. The summed E-state index contributed by atoms with van der Waals surface area (Å²) in [6, 6.07) is 0. The van der Waals surface area contributed by atoms with E-state index in [-0.39, 0.29) is 0 Å². The molecule has 140 valence electrons. The van der Waals surface area contributed by atoms with E-state index in [1.54, 1.807) is 29.1 Å². The summed E-state index contributed by atoms with van der Waals surface area (Å²) >= 11 is 4.51. The smallest absolute Gasteiger partial charge is 0.0560 e. The Balaban J connectivity index is 1.60. The van der Waals surface area contributed by atoms with Crippen LogP contribution in [0.3, 0.4) is 0 Å². The molecule has 2 fully saturated rings. The molecule has 25 heavy (non-hydrogen) atoms. The molecule has 0 N–H and O–H groups in total. The van der Waals surface area contributed by atoms with Gasteiger partial charge in [-0.2, -0.15) is 0 Å². The maximum atomic E-state index is 2.79. The van der Waals surface area contributed by atoms with Crippen LogP contribution >= 0.6 is 23.5 Å². The number of allylic oxidation sites excluding steroid dienone is 4. The quantitative estimate of drug-likeness (QED) is 0.441. The highest BCUT2D eigenvalue weighted by molar-refractivity contribution is 8.05. The Morgan fingerprint density at radius 1 is 0.800 bits per heavy atom. The zero-order valence-electron chi connectivity index (χ0n) is 17.1. The summed E-state index contributed by atoms with van der Waals surface area (Å²) in [5.74, 6) is 1.68. The Morgan fingerprint density at radius 3 is 1.72 bits per heavy atom. The average molecular weight is 409 g/mol. The van der Waals surface area contributed by atoms with Gasteiger partial charge in [0.25, 0.3) is 0 Å². The van der Waals surface area contributed by atoms with Crippen LogP contribution in [-0.2, 0) is 0 Å².